The number of aryl methyl sites for hydroxylation is 2. The van der Waals surface area contributed by atoms with E-state index in [1.165, 1.54) is 0 Å². The van der Waals surface area contributed by atoms with E-state index in [0.717, 1.165) is 11.4 Å². The summed E-state index contributed by atoms with van der Waals surface area (Å²) in [7, 11) is 1.81. The van der Waals surface area contributed by atoms with Gasteiger partial charge in [0, 0.05) is 13.2 Å². The van der Waals surface area contributed by atoms with E-state index in [4.69, 9.17) is 23.8 Å². The summed E-state index contributed by atoms with van der Waals surface area (Å²) in [5.41, 5.74) is 7.04. The zero-order chi connectivity index (χ0) is 15.4. The minimum Gasteiger partial charge on any atom is -0.329 e. The van der Waals surface area contributed by atoms with Gasteiger partial charge in [0.05, 0.1) is 22.0 Å². The number of thiocarbonyl (C=S) groups is 1. The highest BCUT2D eigenvalue weighted by Gasteiger charge is 2.10. The number of aromatic nitrogens is 2. The number of rotatable bonds is 2. The van der Waals surface area contributed by atoms with Gasteiger partial charge in [-0.3, -0.25) is 20.3 Å². The molecule has 0 saturated heterocycles. The Bertz CT molecular complexity index is 685. The standard InChI is InChI=1S/C13H14ClN5OS/c1-8-11(7-19(2)18-8)15-13(21)17-16-12(20)9-5-3-4-6-10(9)14/h3-7H,1-2H3,(H,16,20)(H2,15,17,21). The summed E-state index contributed by atoms with van der Waals surface area (Å²) in [6, 6.07) is 6.76. The highest BCUT2D eigenvalue weighted by molar-refractivity contribution is 7.80. The lowest BCUT2D eigenvalue weighted by Gasteiger charge is -2.11. The average molecular weight is 324 g/mol. The SMILES string of the molecule is Cc1nn(C)cc1NC(=S)NNC(=O)c1ccccc1Cl. The van der Waals surface area contributed by atoms with Crippen molar-refractivity contribution in [2.45, 2.75) is 6.92 Å². The fourth-order valence-corrected chi connectivity index (χ4v) is 2.08. The predicted molar refractivity (Wildman–Crippen MR) is 86.2 cm³/mol. The molecule has 0 spiro atoms. The van der Waals surface area contributed by atoms with E-state index in [2.05, 4.69) is 21.3 Å². The Hall–Kier alpha value is -2.12. The Kier molecular flexibility index (Phi) is 4.77. The number of hydrazine groups is 1. The monoisotopic (exact) mass is 323 g/mol. The van der Waals surface area contributed by atoms with Crippen LogP contribution in [0.5, 0.6) is 0 Å². The molecule has 2 aromatic rings. The number of nitrogens with one attached hydrogen (secondary N) is 3. The fourth-order valence-electron chi connectivity index (χ4n) is 1.70. The topological polar surface area (TPSA) is 71.0 Å². The van der Waals surface area contributed by atoms with E-state index in [1.807, 2.05) is 14.0 Å². The first-order valence-corrected chi connectivity index (χ1v) is 6.88. The van der Waals surface area contributed by atoms with Crippen molar-refractivity contribution < 1.29 is 4.79 Å². The van der Waals surface area contributed by atoms with Crippen LogP contribution >= 0.6 is 23.8 Å². The first kappa shape index (κ1) is 15.3. The third kappa shape index (κ3) is 3.93. The number of anilines is 1. The van der Waals surface area contributed by atoms with Gasteiger partial charge in [-0.15, -0.1) is 0 Å². The van der Waals surface area contributed by atoms with E-state index in [-0.39, 0.29) is 11.0 Å². The molecule has 2 rings (SSSR count). The second-order valence-corrected chi connectivity index (χ2v) is 5.13. The van der Waals surface area contributed by atoms with Crippen molar-refractivity contribution in [1.29, 1.82) is 0 Å². The maximum atomic E-state index is 11.9. The summed E-state index contributed by atoms with van der Waals surface area (Å²) < 4.78 is 1.67. The van der Waals surface area contributed by atoms with E-state index in [0.29, 0.717) is 10.6 Å². The summed E-state index contributed by atoms with van der Waals surface area (Å²) in [6.45, 7) is 1.85. The van der Waals surface area contributed by atoms with E-state index >= 15 is 0 Å². The summed E-state index contributed by atoms with van der Waals surface area (Å²) in [5, 5.41) is 7.75. The molecule has 8 heteroatoms. The molecule has 0 aliphatic heterocycles. The molecule has 1 amide bonds. The average Bonchev–Trinajstić information content (AvgIpc) is 2.74. The molecule has 1 aromatic carbocycles. The van der Waals surface area contributed by atoms with Crippen molar-refractivity contribution >= 4 is 40.5 Å². The molecule has 0 aliphatic rings. The van der Waals surface area contributed by atoms with Crippen LogP contribution in [0.25, 0.3) is 0 Å². The summed E-state index contributed by atoms with van der Waals surface area (Å²) in [6.07, 6.45) is 1.79. The van der Waals surface area contributed by atoms with Gasteiger partial charge in [-0.05, 0) is 31.3 Å². The van der Waals surface area contributed by atoms with Crippen molar-refractivity contribution in [3.8, 4) is 0 Å². The van der Waals surface area contributed by atoms with E-state index in [9.17, 15) is 4.79 Å². The molecule has 0 radical (unpaired) electrons. The van der Waals surface area contributed by atoms with Crippen LogP contribution in [0.15, 0.2) is 30.5 Å². The fraction of sp³-hybridized carbons (Fsp3) is 0.154. The smallest absolute Gasteiger partial charge is 0.271 e. The highest BCUT2D eigenvalue weighted by atomic mass is 35.5. The van der Waals surface area contributed by atoms with E-state index in [1.54, 1.807) is 35.1 Å². The van der Waals surface area contributed by atoms with Crippen molar-refractivity contribution in [2.24, 2.45) is 7.05 Å². The molecule has 21 heavy (non-hydrogen) atoms. The number of carbonyl (C=O) groups excluding carboxylic acids is 1. The van der Waals surface area contributed by atoms with Gasteiger partial charge in [0.25, 0.3) is 5.91 Å². The number of hydrogen-bond donors (Lipinski definition) is 3. The van der Waals surface area contributed by atoms with Gasteiger partial charge in [0.1, 0.15) is 0 Å². The lowest BCUT2D eigenvalue weighted by molar-refractivity contribution is 0.0944. The third-order valence-corrected chi connectivity index (χ3v) is 3.20. The number of nitrogens with zero attached hydrogens (tertiary/aromatic N) is 2. The zero-order valence-electron chi connectivity index (χ0n) is 11.5. The molecular formula is C13H14ClN5OS. The number of carbonyl (C=O) groups is 1. The summed E-state index contributed by atoms with van der Waals surface area (Å²) in [4.78, 5) is 11.9. The number of amides is 1. The van der Waals surface area contributed by atoms with Crippen molar-refractivity contribution in [2.75, 3.05) is 5.32 Å². The summed E-state index contributed by atoms with van der Waals surface area (Å²) in [5.74, 6) is -0.368. The number of halogens is 1. The van der Waals surface area contributed by atoms with Crippen LogP contribution in [0.3, 0.4) is 0 Å². The van der Waals surface area contributed by atoms with Gasteiger partial charge in [-0.25, -0.2) is 0 Å². The largest absolute Gasteiger partial charge is 0.329 e. The maximum absolute atomic E-state index is 11.9. The molecule has 0 aliphatic carbocycles. The molecule has 0 fully saturated rings. The van der Waals surface area contributed by atoms with Gasteiger partial charge < -0.3 is 5.32 Å². The second kappa shape index (κ2) is 6.55. The molecule has 110 valence electrons. The Morgan fingerprint density at radius 2 is 2.05 bits per heavy atom. The lowest BCUT2D eigenvalue weighted by Crippen LogP contribution is -2.43. The molecule has 0 saturated carbocycles. The highest BCUT2D eigenvalue weighted by Crippen LogP contribution is 2.14. The second-order valence-electron chi connectivity index (χ2n) is 4.31. The van der Waals surface area contributed by atoms with Gasteiger partial charge in [0.15, 0.2) is 5.11 Å². The van der Waals surface area contributed by atoms with Crippen LogP contribution in [0.2, 0.25) is 5.02 Å². The molecule has 1 aromatic heterocycles. The lowest BCUT2D eigenvalue weighted by atomic mass is 10.2. The molecule has 0 unspecified atom stereocenters. The number of benzene rings is 1. The Labute approximate surface area is 132 Å². The minimum absolute atomic E-state index is 0.256. The normalized spacial score (nSPS) is 10.0. The van der Waals surface area contributed by atoms with Crippen molar-refractivity contribution in [1.82, 2.24) is 20.6 Å². The number of hydrogen-bond acceptors (Lipinski definition) is 3. The van der Waals surface area contributed by atoms with Gasteiger partial charge in [-0.2, -0.15) is 5.10 Å². The molecule has 1 heterocycles. The Balaban J connectivity index is 1.91. The molecule has 0 atom stereocenters. The van der Waals surface area contributed by atoms with Crippen LogP contribution in [0, 0.1) is 6.92 Å². The Morgan fingerprint density at radius 1 is 1.33 bits per heavy atom. The maximum Gasteiger partial charge on any atom is 0.271 e. The minimum atomic E-state index is -0.368. The molecule has 3 N–H and O–H groups in total. The molecular weight excluding hydrogens is 310 g/mol. The first-order valence-electron chi connectivity index (χ1n) is 6.09. The van der Waals surface area contributed by atoms with Crippen LogP contribution in [0.4, 0.5) is 5.69 Å². The summed E-state index contributed by atoms with van der Waals surface area (Å²) >= 11 is 11.0. The predicted octanol–water partition coefficient (Wildman–Crippen LogP) is 2.01. The van der Waals surface area contributed by atoms with Gasteiger partial charge in [0.2, 0.25) is 0 Å². The van der Waals surface area contributed by atoms with Crippen LogP contribution < -0.4 is 16.2 Å². The molecule has 0 bridgehead atoms. The zero-order valence-corrected chi connectivity index (χ0v) is 13.0. The van der Waals surface area contributed by atoms with Gasteiger partial charge >= 0.3 is 0 Å². The Morgan fingerprint density at radius 3 is 2.67 bits per heavy atom. The molecule has 6 nitrogen and oxygen atoms in total. The van der Waals surface area contributed by atoms with Gasteiger partial charge in [-0.1, -0.05) is 23.7 Å². The van der Waals surface area contributed by atoms with E-state index < -0.39 is 0 Å². The first-order chi connectivity index (χ1) is 9.97. The quantitative estimate of drug-likeness (QED) is 0.582. The third-order valence-electron chi connectivity index (χ3n) is 2.67. The van der Waals surface area contributed by atoms with Crippen LogP contribution in [-0.2, 0) is 7.05 Å². The van der Waals surface area contributed by atoms with Crippen molar-refractivity contribution in [3.05, 3.63) is 46.7 Å². The van der Waals surface area contributed by atoms with Crippen LogP contribution in [-0.4, -0.2) is 20.8 Å². The van der Waals surface area contributed by atoms with Crippen LogP contribution in [0.1, 0.15) is 16.1 Å². The van der Waals surface area contributed by atoms with Crippen molar-refractivity contribution in [3.63, 3.8) is 0 Å².